The van der Waals surface area contributed by atoms with E-state index in [1.54, 1.807) is 18.7 Å². The van der Waals surface area contributed by atoms with Gasteiger partial charge in [-0.15, -0.1) is 0 Å². The first kappa shape index (κ1) is 20.0. The summed E-state index contributed by atoms with van der Waals surface area (Å²) in [7, 11) is 0. The van der Waals surface area contributed by atoms with Gasteiger partial charge in [0, 0.05) is 31.4 Å². The van der Waals surface area contributed by atoms with Crippen LogP contribution in [-0.2, 0) is 6.42 Å². The van der Waals surface area contributed by atoms with E-state index in [0.717, 1.165) is 17.9 Å². The van der Waals surface area contributed by atoms with Crippen LogP contribution in [0.3, 0.4) is 0 Å². The Morgan fingerprint density at radius 1 is 1.10 bits per heavy atom. The molecular weight excluding hydrogens is 378 g/mol. The van der Waals surface area contributed by atoms with Gasteiger partial charge >= 0.3 is 6.03 Å². The van der Waals surface area contributed by atoms with E-state index in [1.165, 1.54) is 21.3 Å². The molecule has 0 fully saturated rings. The van der Waals surface area contributed by atoms with Crippen LogP contribution in [0.5, 0.6) is 11.5 Å². The average Bonchev–Trinajstić information content (AvgIpc) is 3.24. The highest BCUT2D eigenvalue weighted by Crippen LogP contribution is 2.39. The molecule has 30 heavy (non-hydrogen) atoms. The Hall–Kier alpha value is -3.28. The zero-order chi connectivity index (χ0) is 20.9. The Balaban J connectivity index is 1.77. The van der Waals surface area contributed by atoms with Gasteiger partial charge in [0.05, 0.1) is 13.2 Å². The van der Waals surface area contributed by atoms with Crippen LogP contribution in [0.15, 0.2) is 61.2 Å². The number of carbonyl (C=O) groups is 1. The van der Waals surface area contributed by atoms with Crippen molar-refractivity contribution in [2.45, 2.75) is 26.2 Å². The zero-order valence-corrected chi connectivity index (χ0v) is 17.5. The van der Waals surface area contributed by atoms with E-state index in [4.69, 9.17) is 9.47 Å². The number of amides is 1. The minimum Gasteiger partial charge on any atom is -0.490 e. The van der Waals surface area contributed by atoms with E-state index in [2.05, 4.69) is 29.2 Å². The number of rotatable bonds is 5. The van der Waals surface area contributed by atoms with Crippen LogP contribution in [0, 0.1) is 0 Å². The molecule has 1 aliphatic heterocycles. The molecule has 0 saturated heterocycles. The van der Waals surface area contributed by atoms with E-state index in [0.29, 0.717) is 26.3 Å². The molecule has 156 valence electrons. The summed E-state index contributed by atoms with van der Waals surface area (Å²) >= 11 is 0. The Bertz CT molecular complexity index is 986. The molecule has 0 aliphatic carbocycles. The standard InChI is InChI=1S/C24H27N3O3/c1-3-29-22-14-19-10-12-26(24(28)27-13-11-25-17-27)16-21(18-8-6-5-7-9-18)20(19)15-23(22)30-4-2/h5-9,11,13-15,17,21H,3-4,10,12,16H2,1-2H3. The van der Waals surface area contributed by atoms with Crippen molar-refractivity contribution in [1.29, 1.82) is 0 Å². The summed E-state index contributed by atoms with van der Waals surface area (Å²) in [5, 5.41) is 0. The first-order valence-corrected chi connectivity index (χ1v) is 10.5. The summed E-state index contributed by atoms with van der Waals surface area (Å²) in [6.45, 7) is 6.31. The molecule has 1 aliphatic rings. The first-order chi connectivity index (χ1) is 14.7. The van der Waals surface area contributed by atoms with E-state index in [-0.39, 0.29) is 11.9 Å². The topological polar surface area (TPSA) is 56.6 Å². The van der Waals surface area contributed by atoms with Crippen LogP contribution in [-0.4, -0.2) is 46.8 Å². The molecule has 3 aromatic rings. The minimum atomic E-state index is -0.0590. The third-order valence-electron chi connectivity index (χ3n) is 5.43. The lowest BCUT2D eigenvalue weighted by molar-refractivity contribution is 0.200. The van der Waals surface area contributed by atoms with Gasteiger partial charge in [0.2, 0.25) is 0 Å². The van der Waals surface area contributed by atoms with Gasteiger partial charge in [-0.1, -0.05) is 30.3 Å². The molecule has 0 saturated carbocycles. The second-order valence-electron chi connectivity index (χ2n) is 7.28. The number of ether oxygens (including phenoxy) is 2. The summed E-state index contributed by atoms with van der Waals surface area (Å²) in [5.41, 5.74) is 3.56. The highest BCUT2D eigenvalue weighted by atomic mass is 16.5. The first-order valence-electron chi connectivity index (χ1n) is 10.5. The van der Waals surface area contributed by atoms with Crippen molar-refractivity contribution in [2.75, 3.05) is 26.3 Å². The summed E-state index contributed by atoms with van der Waals surface area (Å²) in [6, 6.07) is 14.5. The Morgan fingerprint density at radius 3 is 2.50 bits per heavy atom. The van der Waals surface area contributed by atoms with Crippen molar-refractivity contribution in [1.82, 2.24) is 14.5 Å². The van der Waals surface area contributed by atoms with E-state index >= 15 is 0 Å². The van der Waals surface area contributed by atoms with E-state index in [9.17, 15) is 4.79 Å². The molecule has 6 heteroatoms. The van der Waals surface area contributed by atoms with Crippen molar-refractivity contribution >= 4 is 6.03 Å². The largest absolute Gasteiger partial charge is 0.490 e. The van der Waals surface area contributed by atoms with Crippen molar-refractivity contribution in [3.8, 4) is 11.5 Å². The van der Waals surface area contributed by atoms with Crippen LogP contribution in [0.1, 0.15) is 36.5 Å². The molecule has 2 heterocycles. The summed E-state index contributed by atoms with van der Waals surface area (Å²) in [5.74, 6) is 1.57. The van der Waals surface area contributed by atoms with Crippen LogP contribution in [0.4, 0.5) is 4.79 Å². The number of hydrogen-bond donors (Lipinski definition) is 0. The van der Waals surface area contributed by atoms with Crippen LogP contribution in [0.25, 0.3) is 0 Å². The summed E-state index contributed by atoms with van der Waals surface area (Å²) < 4.78 is 13.3. The molecule has 4 rings (SSSR count). The normalized spacial score (nSPS) is 15.9. The van der Waals surface area contributed by atoms with Crippen molar-refractivity contribution in [2.24, 2.45) is 0 Å². The molecule has 0 N–H and O–H groups in total. The Labute approximate surface area is 177 Å². The second kappa shape index (κ2) is 9.03. The molecule has 1 amide bonds. The summed E-state index contributed by atoms with van der Waals surface area (Å²) in [6.07, 6.45) is 5.63. The Morgan fingerprint density at radius 2 is 1.83 bits per heavy atom. The van der Waals surface area contributed by atoms with Gasteiger partial charge in [0.1, 0.15) is 6.33 Å². The van der Waals surface area contributed by atoms with Crippen LogP contribution < -0.4 is 9.47 Å². The minimum absolute atomic E-state index is 0.0473. The van der Waals surface area contributed by atoms with Crippen molar-refractivity contribution in [3.63, 3.8) is 0 Å². The van der Waals surface area contributed by atoms with Gasteiger partial charge in [0.25, 0.3) is 0 Å². The van der Waals surface area contributed by atoms with Crippen molar-refractivity contribution in [3.05, 3.63) is 77.9 Å². The van der Waals surface area contributed by atoms with Crippen LogP contribution >= 0.6 is 0 Å². The van der Waals surface area contributed by atoms with Gasteiger partial charge in [-0.05, 0) is 49.1 Å². The monoisotopic (exact) mass is 405 g/mol. The molecular formula is C24H27N3O3. The number of nitrogens with zero attached hydrogens (tertiary/aromatic N) is 3. The lowest BCUT2D eigenvalue weighted by atomic mass is 9.87. The number of carbonyl (C=O) groups excluding carboxylic acids is 1. The quantitative estimate of drug-likeness (QED) is 0.634. The molecule has 0 radical (unpaired) electrons. The fraction of sp³-hybridized carbons (Fsp3) is 0.333. The average molecular weight is 405 g/mol. The third kappa shape index (κ3) is 4.03. The van der Waals surface area contributed by atoms with Crippen molar-refractivity contribution < 1.29 is 14.3 Å². The smallest absolute Gasteiger partial charge is 0.329 e. The maximum Gasteiger partial charge on any atom is 0.329 e. The van der Waals surface area contributed by atoms with Gasteiger partial charge in [-0.25, -0.2) is 9.78 Å². The lowest BCUT2D eigenvalue weighted by Gasteiger charge is -2.26. The maximum absolute atomic E-state index is 13.1. The highest BCUT2D eigenvalue weighted by molar-refractivity contribution is 5.77. The number of benzene rings is 2. The number of aromatic nitrogens is 2. The predicted molar refractivity (Wildman–Crippen MR) is 115 cm³/mol. The molecule has 1 atom stereocenters. The van der Waals surface area contributed by atoms with Gasteiger partial charge in [-0.3, -0.25) is 4.57 Å². The summed E-state index contributed by atoms with van der Waals surface area (Å²) in [4.78, 5) is 19.0. The molecule has 0 spiro atoms. The molecule has 1 aromatic heterocycles. The lowest BCUT2D eigenvalue weighted by Crippen LogP contribution is -2.37. The second-order valence-corrected chi connectivity index (χ2v) is 7.28. The van der Waals surface area contributed by atoms with E-state index < -0.39 is 0 Å². The molecule has 1 unspecified atom stereocenters. The molecule has 0 bridgehead atoms. The van der Waals surface area contributed by atoms with Crippen LogP contribution in [0.2, 0.25) is 0 Å². The molecule has 6 nitrogen and oxygen atoms in total. The van der Waals surface area contributed by atoms with E-state index in [1.807, 2.05) is 36.9 Å². The predicted octanol–water partition coefficient (Wildman–Crippen LogP) is 4.34. The van der Waals surface area contributed by atoms with Gasteiger partial charge in [-0.2, -0.15) is 0 Å². The maximum atomic E-state index is 13.1. The highest BCUT2D eigenvalue weighted by Gasteiger charge is 2.29. The number of fused-ring (bicyclic) bond motifs is 1. The van der Waals surface area contributed by atoms with Gasteiger partial charge in [0.15, 0.2) is 11.5 Å². The fourth-order valence-corrected chi connectivity index (χ4v) is 4.04. The third-order valence-corrected chi connectivity index (χ3v) is 5.43. The fourth-order valence-electron chi connectivity index (χ4n) is 4.04. The molecule has 2 aromatic carbocycles. The Kier molecular flexibility index (Phi) is 6.02. The SMILES string of the molecule is CCOc1cc2c(cc1OCC)C(c1ccccc1)CN(C(=O)n1ccnc1)CC2. The number of imidazole rings is 1. The zero-order valence-electron chi connectivity index (χ0n) is 17.5. The van der Waals surface area contributed by atoms with Gasteiger partial charge < -0.3 is 14.4 Å². The number of hydrogen-bond acceptors (Lipinski definition) is 4.